The van der Waals surface area contributed by atoms with Gasteiger partial charge >= 0.3 is 0 Å². The summed E-state index contributed by atoms with van der Waals surface area (Å²) in [4.78, 5) is 18.7. The smallest absolute Gasteiger partial charge is 0.262 e. The van der Waals surface area contributed by atoms with Crippen LogP contribution in [0, 0.1) is 0 Å². The van der Waals surface area contributed by atoms with E-state index in [1.165, 1.54) is 23.5 Å². The first kappa shape index (κ1) is 11.0. The summed E-state index contributed by atoms with van der Waals surface area (Å²) in [6.07, 6.45) is 1.48. The van der Waals surface area contributed by atoms with Gasteiger partial charge in [0.1, 0.15) is 5.39 Å². The molecule has 0 aliphatic heterocycles. The minimum atomic E-state index is -0.163. The van der Waals surface area contributed by atoms with Gasteiger partial charge in [-0.15, -0.1) is 0 Å². The normalized spacial score (nSPS) is 10.9. The number of fused-ring (bicyclic) bond motifs is 1. The van der Waals surface area contributed by atoms with Crippen molar-refractivity contribution in [1.29, 1.82) is 0 Å². The van der Waals surface area contributed by atoms with Crippen molar-refractivity contribution in [2.24, 2.45) is 0 Å². The molecule has 0 bridgehead atoms. The van der Waals surface area contributed by atoms with E-state index < -0.39 is 0 Å². The minimum absolute atomic E-state index is 0.163. The van der Waals surface area contributed by atoms with Crippen molar-refractivity contribution in [1.82, 2.24) is 20.2 Å². The molecule has 6 heteroatoms. The average molecular weight is 258 g/mol. The fourth-order valence-electron chi connectivity index (χ4n) is 1.62. The number of hydrogen-bond acceptors (Lipinski definition) is 4. The Morgan fingerprint density at radius 3 is 2.89 bits per heavy atom. The highest BCUT2D eigenvalue weighted by molar-refractivity contribution is 7.98. The van der Waals surface area contributed by atoms with Crippen molar-refractivity contribution in [3.8, 4) is 0 Å². The SMILES string of the molecule is O=c1[nH]c(SCc2ccccc2)nc2[nH]ncc12. The van der Waals surface area contributed by atoms with Gasteiger partial charge in [0, 0.05) is 5.75 Å². The maximum absolute atomic E-state index is 11.7. The number of thioether (sulfide) groups is 1. The molecule has 0 atom stereocenters. The van der Waals surface area contributed by atoms with Gasteiger partial charge in [-0.3, -0.25) is 9.89 Å². The van der Waals surface area contributed by atoms with Crippen LogP contribution in [-0.4, -0.2) is 20.2 Å². The summed E-state index contributed by atoms with van der Waals surface area (Å²) in [7, 11) is 0. The lowest BCUT2D eigenvalue weighted by molar-refractivity contribution is 0.958. The Kier molecular flexibility index (Phi) is 2.85. The molecule has 18 heavy (non-hydrogen) atoms. The van der Waals surface area contributed by atoms with E-state index in [0.29, 0.717) is 16.2 Å². The molecule has 0 radical (unpaired) electrons. The first-order valence-electron chi connectivity index (χ1n) is 5.43. The summed E-state index contributed by atoms with van der Waals surface area (Å²) in [5.41, 5.74) is 1.55. The fraction of sp³-hybridized carbons (Fsp3) is 0.0833. The van der Waals surface area contributed by atoms with Crippen LogP contribution in [0.4, 0.5) is 0 Å². The number of benzene rings is 1. The van der Waals surface area contributed by atoms with Crippen LogP contribution in [0.25, 0.3) is 11.0 Å². The third kappa shape index (κ3) is 2.14. The Bertz CT molecular complexity index is 720. The van der Waals surface area contributed by atoms with Crippen LogP contribution in [0.2, 0.25) is 0 Å². The van der Waals surface area contributed by atoms with Gasteiger partial charge in [0.05, 0.1) is 6.20 Å². The Balaban J connectivity index is 1.85. The highest BCUT2D eigenvalue weighted by atomic mass is 32.2. The quantitative estimate of drug-likeness (QED) is 0.556. The summed E-state index contributed by atoms with van der Waals surface area (Å²) in [5, 5.41) is 7.59. The molecule has 0 saturated carbocycles. The second kappa shape index (κ2) is 4.66. The van der Waals surface area contributed by atoms with Crippen molar-refractivity contribution in [2.75, 3.05) is 0 Å². The molecule has 0 saturated heterocycles. The first-order valence-corrected chi connectivity index (χ1v) is 6.41. The Morgan fingerprint density at radius 2 is 2.06 bits per heavy atom. The maximum atomic E-state index is 11.7. The third-order valence-corrected chi connectivity index (χ3v) is 3.46. The highest BCUT2D eigenvalue weighted by Crippen LogP contribution is 2.18. The van der Waals surface area contributed by atoms with Gasteiger partial charge in [0.15, 0.2) is 10.8 Å². The molecule has 0 aliphatic carbocycles. The lowest BCUT2D eigenvalue weighted by atomic mass is 10.2. The molecule has 0 spiro atoms. The Morgan fingerprint density at radius 1 is 1.22 bits per heavy atom. The van der Waals surface area contributed by atoms with E-state index in [0.717, 1.165) is 5.75 Å². The van der Waals surface area contributed by atoms with Crippen molar-refractivity contribution in [2.45, 2.75) is 10.9 Å². The second-order valence-corrected chi connectivity index (χ2v) is 4.74. The van der Waals surface area contributed by atoms with Gasteiger partial charge in [0.25, 0.3) is 5.56 Å². The number of nitrogens with zero attached hydrogens (tertiary/aromatic N) is 2. The Hall–Kier alpha value is -2.08. The molecule has 3 rings (SSSR count). The van der Waals surface area contributed by atoms with Crippen molar-refractivity contribution >= 4 is 22.8 Å². The largest absolute Gasteiger partial charge is 0.301 e. The van der Waals surface area contributed by atoms with Gasteiger partial charge in [-0.25, -0.2) is 4.98 Å². The number of aromatic amines is 2. The van der Waals surface area contributed by atoms with E-state index in [-0.39, 0.29) is 5.56 Å². The van der Waals surface area contributed by atoms with Crippen molar-refractivity contribution in [3.05, 3.63) is 52.4 Å². The monoisotopic (exact) mass is 258 g/mol. The third-order valence-electron chi connectivity index (χ3n) is 2.52. The fourth-order valence-corrected chi connectivity index (χ4v) is 2.44. The zero-order chi connectivity index (χ0) is 12.4. The van der Waals surface area contributed by atoms with Gasteiger partial charge in [-0.1, -0.05) is 42.1 Å². The molecular weight excluding hydrogens is 248 g/mol. The second-order valence-electron chi connectivity index (χ2n) is 3.78. The zero-order valence-corrected chi connectivity index (χ0v) is 10.2. The van der Waals surface area contributed by atoms with E-state index in [9.17, 15) is 4.79 Å². The van der Waals surface area contributed by atoms with Crippen LogP contribution in [0.5, 0.6) is 0 Å². The van der Waals surface area contributed by atoms with Crippen molar-refractivity contribution < 1.29 is 0 Å². The molecule has 5 nitrogen and oxygen atoms in total. The number of aromatic nitrogens is 4. The van der Waals surface area contributed by atoms with E-state index in [2.05, 4.69) is 20.2 Å². The molecule has 2 heterocycles. The van der Waals surface area contributed by atoms with E-state index >= 15 is 0 Å². The lowest BCUT2D eigenvalue weighted by Gasteiger charge is -2.00. The van der Waals surface area contributed by atoms with Crippen LogP contribution in [0.3, 0.4) is 0 Å². The number of H-pyrrole nitrogens is 2. The predicted octanol–water partition coefficient (Wildman–Crippen LogP) is 1.94. The molecule has 0 unspecified atom stereocenters. The average Bonchev–Trinajstić information content (AvgIpc) is 2.86. The topological polar surface area (TPSA) is 74.4 Å². The zero-order valence-electron chi connectivity index (χ0n) is 9.38. The molecule has 0 fully saturated rings. The molecule has 2 aromatic heterocycles. The summed E-state index contributed by atoms with van der Waals surface area (Å²) >= 11 is 1.49. The molecule has 0 amide bonds. The van der Waals surface area contributed by atoms with Crippen LogP contribution < -0.4 is 5.56 Å². The predicted molar refractivity (Wildman–Crippen MR) is 70.5 cm³/mol. The maximum Gasteiger partial charge on any atom is 0.262 e. The standard InChI is InChI=1S/C12H10N4OS/c17-11-9-6-13-16-10(9)14-12(15-11)18-7-8-4-2-1-3-5-8/h1-6H,7H2,(H2,13,14,15,16,17). The molecule has 2 N–H and O–H groups in total. The number of nitrogens with one attached hydrogen (secondary N) is 2. The van der Waals surface area contributed by atoms with E-state index in [1.54, 1.807) is 0 Å². The minimum Gasteiger partial charge on any atom is -0.301 e. The van der Waals surface area contributed by atoms with Gasteiger partial charge in [-0.05, 0) is 5.56 Å². The van der Waals surface area contributed by atoms with Crippen LogP contribution >= 0.6 is 11.8 Å². The molecule has 90 valence electrons. The summed E-state index contributed by atoms with van der Waals surface area (Å²) in [6, 6.07) is 10.0. The number of hydrogen-bond donors (Lipinski definition) is 2. The summed E-state index contributed by atoms with van der Waals surface area (Å²) in [6.45, 7) is 0. The molecule has 3 aromatic rings. The Labute approximate surface area is 107 Å². The number of rotatable bonds is 3. The van der Waals surface area contributed by atoms with Crippen LogP contribution in [0.15, 0.2) is 46.5 Å². The van der Waals surface area contributed by atoms with E-state index in [4.69, 9.17) is 0 Å². The van der Waals surface area contributed by atoms with Crippen LogP contribution in [-0.2, 0) is 5.75 Å². The first-order chi connectivity index (χ1) is 8.83. The lowest BCUT2D eigenvalue weighted by Crippen LogP contribution is -2.08. The van der Waals surface area contributed by atoms with Gasteiger partial charge < -0.3 is 4.98 Å². The summed E-state index contributed by atoms with van der Waals surface area (Å²) in [5.74, 6) is 0.767. The van der Waals surface area contributed by atoms with Gasteiger partial charge in [0.2, 0.25) is 0 Å². The highest BCUT2D eigenvalue weighted by Gasteiger charge is 2.05. The van der Waals surface area contributed by atoms with Gasteiger partial charge in [-0.2, -0.15) is 5.10 Å². The summed E-state index contributed by atoms with van der Waals surface area (Å²) < 4.78 is 0. The molecular formula is C12H10N4OS. The molecule has 0 aliphatic rings. The van der Waals surface area contributed by atoms with Crippen molar-refractivity contribution in [3.63, 3.8) is 0 Å². The van der Waals surface area contributed by atoms with Crippen LogP contribution in [0.1, 0.15) is 5.56 Å². The molecule has 1 aromatic carbocycles. The van der Waals surface area contributed by atoms with E-state index in [1.807, 2.05) is 30.3 Å².